The van der Waals surface area contributed by atoms with Gasteiger partial charge in [-0.05, 0) is 0 Å². The standard InChI is InChI=1S/C10H10F4N2O5/c11-5-6(18)4(2-17)21-8(5)16-1-3(10(12,13)14)7(19)15-9(16)20/h1,4-6,8,17-18H,2H2,(H,15,19,20)/t4-,5-,6?,8-/m1/s1. The summed E-state index contributed by atoms with van der Waals surface area (Å²) in [7, 11) is 0. The van der Waals surface area contributed by atoms with E-state index in [1.54, 1.807) is 0 Å². The molecule has 1 aromatic rings. The number of ether oxygens (including phenoxy) is 1. The van der Waals surface area contributed by atoms with Gasteiger partial charge in [-0.15, -0.1) is 0 Å². The lowest BCUT2D eigenvalue weighted by Crippen LogP contribution is -2.39. The fourth-order valence-corrected chi connectivity index (χ4v) is 1.95. The minimum Gasteiger partial charge on any atom is -0.394 e. The highest BCUT2D eigenvalue weighted by Gasteiger charge is 2.46. The van der Waals surface area contributed by atoms with Crippen molar-refractivity contribution in [3.63, 3.8) is 0 Å². The number of aliphatic hydroxyl groups excluding tert-OH is 2. The fraction of sp³-hybridized carbons (Fsp3) is 0.600. The van der Waals surface area contributed by atoms with Gasteiger partial charge in [-0.1, -0.05) is 0 Å². The highest BCUT2D eigenvalue weighted by molar-refractivity contribution is 5.10. The molecular formula is C10H10F4N2O5. The number of halogens is 4. The number of hydrogen-bond acceptors (Lipinski definition) is 5. The molecule has 1 unspecified atom stereocenters. The Labute approximate surface area is 113 Å². The van der Waals surface area contributed by atoms with Crippen molar-refractivity contribution in [3.8, 4) is 0 Å². The quantitative estimate of drug-likeness (QED) is 0.617. The normalized spacial score (nSPS) is 29.8. The van der Waals surface area contributed by atoms with Gasteiger partial charge in [-0.2, -0.15) is 13.2 Å². The third-order valence-electron chi connectivity index (χ3n) is 3.02. The molecule has 0 spiro atoms. The van der Waals surface area contributed by atoms with Crippen LogP contribution in [0.3, 0.4) is 0 Å². The molecule has 7 nitrogen and oxygen atoms in total. The molecule has 21 heavy (non-hydrogen) atoms. The first-order chi connectivity index (χ1) is 9.66. The van der Waals surface area contributed by atoms with Gasteiger partial charge in [0.05, 0.1) is 6.61 Å². The van der Waals surface area contributed by atoms with E-state index in [2.05, 4.69) is 0 Å². The minimum atomic E-state index is -5.05. The molecule has 118 valence electrons. The van der Waals surface area contributed by atoms with Gasteiger partial charge in [0.15, 0.2) is 12.4 Å². The van der Waals surface area contributed by atoms with Crippen LogP contribution in [0.25, 0.3) is 0 Å². The van der Waals surface area contributed by atoms with Crippen LogP contribution in [0.2, 0.25) is 0 Å². The van der Waals surface area contributed by atoms with E-state index in [4.69, 9.17) is 9.84 Å². The van der Waals surface area contributed by atoms with Gasteiger partial charge in [-0.3, -0.25) is 14.3 Å². The van der Waals surface area contributed by atoms with Crippen LogP contribution in [0.1, 0.15) is 11.8 Å². The molecule has 1 aromatic heterocycles. The van der Waals surface area contributed by atoms with Crippen molar-refractivity contribution < 1.29 is 32.5 Å². The number of aliphatic hydroxyl groups is 2. The zero-order chi connectivity index (χ0) is 15.9. The van der Waals surface area contributed by atoms with E-state index in [0.29, 0.717) is 0 Å². The number of hydrogen-bond donors (Lipinski definition) is 3. The van der Waals surface area contributed by atoms with Crippen molar-refractivity contribution in [1.29, 1.82) is 0 Å². The molecule has 2 rings (SSSR count). The number of aromatic amines is 1. The lowest BCUT2D eigenvalue weighted by molar-refractivity contribution is -0.139. The zero-order valence-electron chi connectivity index (χ0n) is 10.2. The number of rotatable bonds is 2. The summed E-state index contributed by atoms with van der Waals surface area (Å²) in [5.41, 5.74) is -4.71. The SMILES string of the molecule is O=c1[nH]c(=O)n([C@@H]2O[C@H](CO)C(O)[C@H]2F)cc1C(F)(F)F. The van der Waals surface area contributed by atoms with Crippen LogP contribution < -0.4 is 11.2 Å². The lowest BCUT2D eigenvalue weighted by Gasteiger charge is -2.17. The lowest BCUT2D eigenvalue weighted by atomic mass is 10.1. The average molecular weight is 314 g/mol. The van der Waals surface area contributed by atoms with E-state index in [0.717, 1.165) is 0 Å². The highest BCUT2D eigenvalue weighted by atomic mass is 19.4. The second-order valence-electron chi connectivity index (χ2n) is 4.39. The monoisotopic (exact) mass is 314 g/mol. The molecule has 1 saturated heterocycles. The Morgan fingerprint density at radius 2 is 2.00 bits per heavy atom. The third kappa shape index (κ3) is 2.71. The molecule has 1 aliphatic rings. The van der Waals surface area contributed by atoms with Gasteiger partial charge in [0.2, 0.25) is 0 Å². The van der Waals surface area contributed by atoms with E-state index in [1.165, 1.54) is 4.98 Å². The Bertz CT molecular complexity index is 640. The number of alkyl halides is 4. The summed E-state index contributed by atoms with van der Waals surface area (Å²) < 4.78 is 56.6. The summed E-state index contributed by atoms with van der Waals surface area (Å²) in [6.07, 6.45) is -12.3. The fourth-order valence-electron chi connectivity index (χ4n) is 1.95. The number of H-pyrrole nitrogens is 1. The summed E-state index contributed by atoms with van der Waals surface area (Å²) in [6, 6.07) is 0. The molecule has 11 heteroatoms. The van der Waals surface area contributed by atoms with Crippen LogP contribution in [0.15, 0.2) is 15.8 Å². The minimum absolute atomic E-state index is 0.116. The van der Waals surface area contributed by atoms with Crippen LogP contribution in [-0.4, -0.2) is 44.8 Å². The predicted octanol–water partition coefficient (Wildman–Crippen LogP) is -0.856. The topological polar surface area (TPSA) is 105 Å². The Hall–Kier alpha value is -1.72. The number of nitrogens with one attached hydrogen (secondary N) is 1. The second-order valence-corrected chi connectivity index (χ2v) is 4.39. The average Bonchev–Trinajstić information content (AvgIpc) is 2.65. The van der Waals surface area contributed by atoms with Crippen molar-refractivity contribution in [2.24, 2.45) is 0 Å². The molecule has 2 heterocycles. The van der Waals surface area contributed by atoms with Crippen LogP contribution in [0.4, 0.5) is 17.6 Å². The van der Waals surface area contributed by atoms with Crippen LogP contribution in [0.5, 0.6) is 0 Å². The van der Waals surface area contributed by atoms with Gasteiger partial charge in [0.25, 0.3) is 5.56 Å². The van der Waals surface area contributed by atoms with Crippen molar-refractivity contribution in [1.82, 2.24) is 9.55 Å². The van der Waals surface area contributed by atoms with Gasteiger partial charge >= 0.3 is 11.9 Å². The Morgan fingerprint density at radius 3 is 2.48 bits per heavy atom. The van der Waals surface area contributed by atoms with Crippen LogP contribution in [0, 0.1) is 0 Å². The zero-order valence-corrected chi connectivity index (χ0v) is 10.2. The maximum atomic E-state index is 13.8. The first kappa shape index (κ1) is 15.7. The molecule has 4 atom stereocenters. The van der Waals surface area contributed by atoms with Gasteiger partial charge < -0.3 is 14.9 Å². The van der Waals surface area contributed by atoms with Crippen LogP contribution in [-0.2, 0) is 10.9 Å². The summed E-state index contributed by atoms with van der Waals surface area (Å²) in [5, 5.41) is 18.2. The maximum Gasteiger partial charge on any atom is 0.423 e. The molecule has 0 bridgehead atoms. The molecule has 3 N–H and O–H groups in total. The summed E-state index contributed by atoms with van der Waals surface area (Å²) in [4.78, 5) is 24.0. The maximum absolute atomic E-state index is 13.8. The van der Waals surface area contributed by atoms with E-state index in [9.17, 15) is 32.3 Å². The van der Waals surface area contributed by atoms with Crippen molar-refractivity contribution >= 4 is 0 Å². The van der Waals surface area contributed by atoms with Gasteiger partial charge in [0.1, 0.15) is 17.8 Å². The third-order valence-corrected chi connectivity index (χ3v) is 3.02. The molecule has 1 fully saturated rings. The molecule has 0 aliphatic carbocycles. The number of aromatic nitrogens is 2. The number of nitrogens with zero attached hydrogens (tertiary/aromatic N) is 1. The van der Waals surface area contributed by atoms with E-state index in [1.807, 2.05) is 0 Å². The first-order valence-corrected chi connectivity index (χ1v) is 5.68. The van der Waals surface area contributed by atoms with E-state index in [-0.39, 0.29) is 10.8 Å². The van der Waals surface area contributed by atoms with Crippen molar-refractivity contribution in [2.45, 2.75) is 30.8 Å². The smallest absolute Gasteiger partial charge is 0.394 e. The molecular weight excluding hydrogens is 304 g/mol. The summed E-state index contributed by atoms with van der Waals surface area (Å²) in [6.45, 7) is -0.789. The Kier molecular flexibility index (Phi) is 3.91. The van der Waals surface area contributed by atoms with Crippen molar-refractivity contribution in [3.05, 3.63) is 32.6 Å². The van der Waals surface area contributed by atoms with Gasteiger partial charge in [-0.25, -0.2) is 9.18 Å². The van der Waals surface area contributed by atoms with E-state index >= 15 is 0 Å². The predicted molar refractivity (Wildman–Crippen MR) is 58.2 cm³/mol. The molecule has 1 aliphatic heterocycles. The Morgan fingerprint density at radius 1 is 1.38 bits per heavy atom. The molecule has 0 saturated carbocycles. The first-order valence-electron chi connectivity index (χ1n) is 5.68. The molecule has 0 aromatic carbocycles. The molecule has 0 amide bonds. The largest absolute Gasteiger partial charge is 0.423 e. The Balaban J connectivity index is 2.50. The highest BCUT2D eigenvalue weighted by Crippen LogP contribution is 2.32. The molecule has 0 radical (unpaired) electrons. The van der Waals surface area contributed by atoms with Crippen molar-refractivity contribution in [2.75, 3.05) is 6.61 Å². The van der Waals surface area contributed by atoms with E-state index < -0.39 is 54.2 Å². The van der Waals surface area contributed by atoms with Gasteiger partial charge in [0, 0.05) is 6.20 Å². The summed E-state index contributed by atoms with van der Waals surface area (Å²) >= 11 is 0. The van der Waals surface area contributed by atoms with Crippen LogP contribution >= 0.6 is 0 Å². The summed E-state index contributed by atoms with van der Waals surface area (Å²) in [5.74, 6) is 0. The second kappa shape index (κ2) is 5.24.